The number of rotatable bonds is 6. The molecule has 138 valence electrons. The lowest BCUT2D eigenvalue weighted by atomic mass is 10.2. The molecule has 0 N–H and O–H groups in total. The zero-order valence-electron chi connectivity index (χ0n) is 14.8. The van der Waals surface area contributed by atoms with Crippen molar-refractivity contribution in [3.05, 3.63) is 41.4 Å². The summed E-state index contributed by atoms with van der Waals surface area (Å²) < 4.78 is 4.98. The van der Waals surface area contributed by atoms with Gasteiger partial charge in [0.25, 0.3) is 0 Å². The molecule has 3 heterocycles. The minimum Gasteiger partial charge on any atom is -0.448 e. The largest absolute Gasteiger partial charge is 0.448 e. The highest BCUT2D eigenvalue weighted by atomic mass is 32.1. The number of piperazine rings is 1. The van der Waals surface area contributed by atoms with E-state index in [4.69, 9.17) is 9.72 Å². The van der Waals surface area contributed by atoms with Gasteiger partial charge in [-0.2, -0.15) is 0 Å². The summed E-state index contributed by atoms with van der Waals surface area (Å²) in [6.07, 6.45) is -0.165. The predicted octanol–water partition coefficient (Wildman–Crippen LogP) is 2.38. The van der Waals surface area contributed by atoms with Gasteiger partial charge in [-0.05, 0) is 0 Å². The van der Waals surface area contributed by atoms with E-state index < -0.39 is 0 Å². The quantitative estimate of drug-likeness (QED) is 0.779. The minimum atomic E-state index is -0.165. The lowest BCUT2D eigenvalue weighted by Gasteiger charge is -2.34. The molecule has 0 atom stereocenters. The SMILES string of the molecule is O=C1OCCN1CCN1CCN(Cc2csc(-c3ccccc3)n2)CC1. The standard InChI is InChI=1S/C19H24N4O2S/c24-19-23(12-13-25-19)11-10-21-6-8-22(9-7-21)14-17-15-26-18(20-17)16-4-2-1-3-5-16/h1-5,15H,6-14H2. The van der Waals surface area contributed by atoms with Crippen molar-refractivity contribution < 1.29 is 9.53 Å². The van der Waals surface area contributed by atoms with Gasteiger partial charge in [0.15, 0.2) is 0 Å². The van der Waals surface area contributed by atoms with Crippen LogP contribution in [0.3, 0.4) is 0 Å². The van der Waals surface area contributed by atoms with Crippen LogP contribution in [0.15, 0.2) is 35.7 Å². The van der Waals surface area contributed by atoms with Crippen LogP contribution in [-0.4, -0.2) is 78.2 Å². The average Bonchev–Trinajstić information content (AvgIpc) is 3.31. The Balaban J connectivity index is 1.23. The van der Waals surface area contributed by atoms with Gasteiger partial charge in [-0.3, -0.25) is 9.80 Å². The van der Waals surface area contributed by atoms with E-state index in [1.165, 1.54) is 5.56 Å². The first-order valence-corrected chi connectivity index (χ1v) is 10.0. The Kier molecular flexibility index (Phi) is 5.48. The van der Waals surface area contributed by atoms with Crippen LogP contribution in [-0.2, 0) is 11.3 Å². The molecule has 0 saturated carbocycles. The molecule has 2 saturated heterocycles. The Morgan fingerprint density at radius 1 is 1.00 bits per heavy atom. The molecule has 1 aromatic carbocycles. The van der Waals surface area contributed by atoms with E-state index in [0.29, 0.717) is 6.61 Å². The van der Waals surface area contributed by atoms with Crippen LogP contribution >= 0.6 is 11.3 Å². The number of cyclic esters (lactones) is 1. The number of aromatic nitrogens is 1. The predicted molar refractivity (Wildman–Crippen MR) is 102 cm³/mol. The first-order valence-electron chi connectivity index (χ1n) is 9.14. The number of amides is 1. The van der Waals surface area contributed by atoms with E-state index in [1.54, 1.807) is 16.2 Å². The third-order valence-electron chi connectivity index (χ3n) is 4.95. The molecule has 0 unspecified atom stereocenters. The maximum absolute atomic E-state index is 11.5. The number of carbonyl (C=O) groups is 1. The van der Waals surface area contributed by atoms with E-state index >= 15 is 0 Å². The van der Waals surface area contributed by atoms with Gasteiger partial charge in [0.05, 0.1) is 12.2 Å². The summed E-state index contributed by atoms with van der Waals surface area (Å²) in [6.45, 7) is 8.04. The van der Waals surface area contributed by atoms with Crippen LogP contribution in [0.25, 0.3) is 10.6 Å². The second-order valence-electron chi connectivity index (χ2n) is 6.73. The first-order chi connectivity index (χ1) is 12.8. The molecule has 2 fully saturated rings. The lowest BCUT2D eigenvalue weighted by molar-refractivity contribution is 0.115. The van der Waals surface area contributed by atoms with Crippen molar-refractivity contribution in [3.63, 3.8) is 0 Å². The van der Waals surface area contributed by atoms with Crippen LogP contribution in [0.5, 0.6) is 0 Å². The molecular formula is C19H24N4O2S. The Hall–Kier alpha value is -1.96. The molecule has 2 aliphatic heterocycles. The normalized spacial score (nSPS) is 19.1. The number of benzene rings is 1. The first kappa shape index (κ1) is 17.5. The monoisotopic (exact) mass is 372 g/mol. The van der Waals surface area contributed by atoms with E-state index in [2.05, 4.69) is 39.4 Å². The fourth-order valence-corrected chi connectivity index (χ4v) is 4.20. The molecule has 26 heavy (non-hydrogen) atoms. The van der Waals surface area contributed by atoms with Crippen molar-refractivity contribution in [1.82, 2.24) is 19.7 Å². The van der Waals surface area contributed by atoms with Gasteiger partial charge in [-0.15, -0.1) is 11.3 Å². The number of ether oxygens (including phenoxy) is 1. The fraction of sp³-hybridized carbons (Fsp3) is 0.474. The van der Waals surface area contributed by atoms with Crippen LogP contribution < -0.4 is 0 Å². The Morgan fingerprint density at radius 2 is 1.77 bits per heavy atom. The molecule has 0 spiro atoms. The van der Waals surface area contributed by atoms with Crippen molar-refractivity contribution in [2.75, 3.05) is 52.4 Å². The number of thiazole rings is 1. The van der Waals surface area contributed by atoms with Crippen molar-refractivity contribution in [2.24, 2.45) is 0 Å². The fourth-order valence-electron chi connectivity index (χ4n) is 3.38. The Bertz CT molecular complexity index is 728. The minimum absolute atomic E-state index is 0.165. The second kappa shape index (κ2) is 8.16. The second-order valence-corrected chi connectivity index (χ2v) is 7.59. The van der Waals surface area contributed by atoms with Gasteiger partial charge in [-0.25, -0.2) is 9.78 Å². The van der Waals surface area contributed by atoms with Gasteiger partial charge in [0.2, 0.25) is 0 Å². The molecule has 2 aliphatic rings. The van der Waals surface area contributed by atoms with Gasteiger partial charge in [0, 0.05) is 56.8 Å². The maximum Gasteiger partial charge on any atom is 0.409 e. The van der Waals surface area contributed by atoms with Crippen molar-refractivity contribution in [1.29, 1.82) is 0 Å². The summed E-state index contributed by atoms with van der Waals surface area (Å²) in [5, 5.41) is 3.27. The highest BCUT2D eigenvalue weighted by Crippen LogP contribution is 2.24. The molecular weight excluding hydrogens is 348 g/mol. The van der Waals surface area contributed by atoms with E-state index in [9.17, 15) is 4.79 Å². The average molecular weight is 372 g/mol. The lowest BCUT2D eigenvalue weighted by Crippen LogP contribution is -2.48. The molecule has 1 amide bonds. The molecule has 0 bridgehead atoms. The number of hydrogen-bond acceptors (Lipinski definition) is 6. The highest BCUT2D eigenvalue weighted by molar-refractivity contribution is 7.13. The molecule has 6 nitrogen and oxygen atoms in total. The topological polar surface area (TPSA) is 48.9 Å². The number of nitrogens with zero attached hydrogens (tertiary/aromatic N) is 4. The molecule has 0 radical (unpaired) electrons. The molecule has 2 aromatic rings. The summed E-state index contributed by atoms with van der Waals surface area (Å²) in [4.78, 5) is 23.0. The van der Waals surface area contributed by atoms with E-state index in [-0.39, 0.29) is 6.09 Å². The molecule has 4 rings (SSSR count). The third kappa shape index (κ3) is 4.23. The summed E-state index contributed by atoms with van der Waals surface area (Å²) in [5.74, 6) is 0. The van der Waals surface area contributed by atoms with E-state index in [0.717, 1.165) is 63.1 Å². The van der Waals surface area contributed by atoms with Crippen molar-refractivity contribution >= 4 is 17.4 Å². The van der Waals surface area contributed by atoms with Crippen molar-refractivity contribution in [3.8, 4) is 10.6 Å². The number of carbonyl (C=O) groups excluding carboxylic acids is 1. The van der Waals surface area contributed by atoms with Crippen LogP contribution in [0.1, 0.15) is 5.69 Å². The summed E-state index contributed by atoms with van der Waals surface area (Å²) in [5.41, 5.74) is 2.34. The summed E-state index contributed by atoms with van der Waals surface area (Å²) >= 11 is 1.72. The summed E-state index contributed by atoms with van der Waals surface area (Å²) in [7, 11) is 0. The van der Waals surface area contributed by atoms with Crippen molar-refractivity contribution in [2.45, 2.75) is 6.54 Å². The van der Waals surface area contributed by atoms with Gasteiger partial charge in [0.1, 0.15) is 11.6 Å². The van der Waals surface area contributed by atoms with Crippen LogP contribution in [0.4, 0.5) is 4.79 Å². The number of hydrogen-bond donors (Lipinski definition) is 0. The Morgan fingerprint density at radius 3 is 2.50 bits per heavy atom. The zero-order valence-corrected chi connectivity index (χ0v) is 15.7. The smallest absolute Gasteiger partial charge is 0.409 e. The molecule has 7 heteroatoms. The van der Waals surface area contributed by atoms with Gasteiger partial charge < -0.3 is 9.64 Å². The highest BCUT2D eigenvalue weighted by Gasteiger charge is 2.23. The summed E-state index contributed by atoms with van der Waals surface area (Å²) in [6, 6.07) is 10.4. The zero-order chi connectivity index (χ0) is 17.8. The van der Waals surface area contributed by atoms with Gasteiger partial charge in [-0.1, -0.05) is 30.3 Å². The molecule has 1 aromatic heterocycles. The van der Waals surface area contributed by atoms with Gasteiger partial charge >= 0.3 is 6.09 Å². The third-order valence-corrected chi connectivity index (χ3v) is 5.89. The van der Waals surface area contributed by atoms with Crippen LogP contribution in [0.2, 0.25) is 0 Å². The van der Waals surface area contributed by atoms with E-state index in [1.807, 2.05) is 6.07 Å². The maximum atomic E-state index is 11.5. The Labute approximate surface area is 158 Å². The van der Waals surface area contributed by atoms with Crippen LogP contribution in [0, 0.1) is 0 Å². The molecule has 0 aliphatic carbocycles.